The summed E-state index contributed by atoms with van der Waals surface area (Å²) in [6, 6.07) is 4.27. The highest BCUT2D eigenvalue weighted by atomic mass is 16.6. The van der Waals surface area contributed by atoms with Crippen LogP contribution in [0.4, 0.5) is 5.69 Å². The molecule has 1 unspecified atom stereocenters. The van der Waals surface area contributed by atoms with Gasteiger partial charge < -0.3 is 11.1 Å². The van der Waals surface area contributed by atoms with Crippen molar-refractivity contribution in [1.29, 1.82) is 0 Å². The van der Waals surface area contributed by atoms with Crippen molar-refractivity contribution >= 4 is 11.6 Å². The molecule has 0 spiro atoms. The molecule has 0 aromatic heterocycles. The number of nitro groups is 1. The van der Waals surface area contributed by atoms with Crippen LogP contribution < -0.4 is 11.1 Å². The van der Waals surface area contributed by atoms with Crippen LogP contribution in [0.2, 0.25) is 0 Å². The zero-order valence-electron chi connectivity index (χ0n) is 11.3. The van der Waals surface area contributed by atoms with Gasteiger partial charge in [-0.2, -0.15) is 0 Å². The number of rotatable bonds is 5. The van der Waals surface area contributed by atoms with Gasteiger partial charge in [0.1, 0.15) is 5.56 Å². The van der Waals surface area contributed by atoms with Crippen molar-refractivity contribution in [2.45, 2.75) is 26.8 Å². The molecule has 0 heterocycles. The van der Waals surface area contributed by atoms with Crippen molar-refractivity contribution in [3.8, 4) is 0 Å². The molecular weight excluding hydrogens is 246 g/mol. The molecule has 19 heavy (non-hydrogen) atoms. The number of carbonyl (C=O) groups excluding carboxylic acids is 1. The van der Waals surface area contributed by atoms with E-state index < -0.39 is 10.8 Å². The number of nitrogens with one attached hydrogen (secondary N) is 1. The maximum Gasteiger partial charge on any atom is 0.282 e. The van der Waals surface area contributed by atoms with Crippen LogP contribution in [0.5, 0.6) is 0 Å². The van der Waals surface area contributed by atoms with Gasteiger partial charge in [-0.25, -0.2) is 0 Å². The summed E-state index contributed by atoms with van der Waals surface area (Å²) in [5.41, 5.74) is 6.26. The Balaban J connectivity index is 3.05. The van der Waals surface area contributed by atoms with Crippen LogP contribution in [0.15, 0.2) is 18.2 Å². The second kappa shape index (κ2) is 6.29. The van der Waals surface area contributed by atoms with Crippen LogP contribution in [0.1, 0.15) is 29.8 Å². The van der Waals surface area contributed by atoms with Gasteiger partial charge in [0.15, 0.2) is 0 Å². The molecule has 0 bridgehead atoms. The van der Waals surface area contributed by atoms with E-state index in [0.717, 1.165) is 5.56 Å². The molecule has 0 aliphatic rings. The van der Waals surface area contributed by atoms with Crippen molar-refractivity contribution in [1.82, 2.24) is 5.32 Å². The summed E-state index contributed by atoms with van der Waals surface area (Å²) in [6.07, 6.45) is 0. The smallest absolute Gasteiger partial charge is 0.282 e. The third-order valence-corrected chi connectivity index (χ3v) is 2.97. The van der Waals surface area contributed by atoms with Crippen molar-refractivity contribution in [3.05, 3.63) is 39.4 Å². The summed E-state index contributed by atoms with van der Waals surface area (Å²) >= 11 is 0. The van der Waals surface area contributed by atoms with Gasteiger partial charge in [0.05, 0.1) is 4.92 Å². The maximum atomic E-state index is 12.1. The average Bonchev–Trinajstić information content (AvgIpc) is 2.34. The summed E-state index contributed by atoms with van der Waals surface area (Å²) in [6.45, 7) is 5.94. The summed E-state index contributed by atoms with van der Waals surface area (Å²) in [5, 5.41) is 13.7. The molecule has 0 radical (unpaired) electrons. The summed E-state index contributed by atoms with van der Waals surface area (Å²) < 4.78 is 0. The van der Waals surface area contributed by atoms with E-state index in [9.17, 15) is 14.9 Å². The maximum absolute atomic E-state index is 12.1. The lowest BCUT2D eigenvalue weighted by Gasteiger charge is -2.20. The molecule has 0 aliphatic heterocycles. The zero-order valence-corrected chi connectivity index (χ0v) is 11.3. The van der Waals surface area contributed by atoms with Gasteiger partial charge in [0, 0.05) is 18.7 Å². The number of amides is 1. The average molecular weight is 265 g/mol. The Morgan fingerprint density at radius 3 is 2.58 bits per heavy atom. The lowest BCUT2D eigenvalue weighted by atomic mass is 10.0. The predicted octanol–water partition coefficient (Wildman–Crippen LogP) is 1.62. The van der Waals surface area contributed by atoms with Crippen LogP contribution in [-0.4, -0.2) is 23.4 Å². The summed E-state index contributed by atoms with van der Waals surface area (Å²) in [5.74, 6) is -0.294. The molecule has 0 saturated carbocycles. The van der Waals surface area contributed by atoms with E-state index in [4.69, 9.17) is 5.73 Å². The van der Waals surface area contributed by atoms with E-state index >= 15 is 0 Å². The minimum Gasteiger partial charge on any atom is -0.348 e. The normalized spacial score (nSPS) is 12.3. The Labute approximate surface area is 112 Å². The molecule has 0 fully saturated rings. The summed E-state index contributed by atoms with van der Waals surface area (Å²) in [7, 11) is 0. The molecular formula is C13H19N3O3. The van der Waals surface area contributed by atoms with E-state index in [1.165, 1.54) is 12.1 Å². The highest BCUT2D eigenvalue weighted by molar-refractivity contribution is 5.98. The van der Waals surface area contributed by atoms with Crippen molar-refractivity contribution in [3.63, 3.8) is 0 Å². The van der Waals surface area contributed by atoms with Gasteiger partial charge in [-0.3, -0.25) is 14.9 Å². The number of nitrogens with zero attached hydrogens (tertiary/aromatic N) is 1. The van der Waals surface area contributed by atoms with E-state index in [1.807, 2.05) is 13.8 Å². The number of carbonyl (C=O) groups is 1. The largest absolute Gasteiger partial charge is 0.348 e. The molecule has 0 saturated heterocycles. The van der Waals surface area contributed by atoms with E-state index in [2.05, 4.69) is 5.32 Å². The Morgan fingerprint density at radius 2 is 2.11 bits per heavy atom. The SMILES string of the molecule is Cc1ccc([N+](=O)[O-])c(C(=O)NC(CN)C(C)C)c1. The van der Waals surface area contributed by atoms with Crippen LogP contribution in [-0.2, 0) is 0 Å². The minimum atomic E-state index is -0.554. The van der Waals surface area contributed by atoms with Gasteiger partial charge in [-0.15, -0.1) is 0 Å². The molecule has 1 rings (SSSR count). The van der Waals surface area contributed by atoms with Gasteiger partial charge in [-0.1, -0.05) is 19.9 Å². The van der Waals surface area contributed by atoms with Crippen LogP contribution in [0, 0.1) is 23.0 Å². The molecule has 6 nitrogen and oxygen atoms in total. The monoisotopic (exact) mass is 265 g/mol. The highest BCUT2D eigenvalue weighted by Gasteiger charge is 2.23. The third kappa shape index (κ3) is 3.75. The van der Waals surface area contributed by atoms with E-state index in [1.54, 1.807) is 13.0 Å². The Hall–Kier alpha value is -1.95. The van der Waals surface area contributed by atoms with Crippen molar-refractivity contribution < 1.29 is 9.72 Å². The number of hydrogen-bond acceptors (Lipinski definition) is 4. The molecule has 1 aromatic rings. The fourth-order valence-electron chi connectivity index (χ4n) is 1.73. The molecule has 104 valence electrons. The number of nitro benzene ring substituents is 1. The van der Waals surface area contributed by atoms with Crippen molar-refractivity contribution in [2.24, 2.45) is 11.7 Å². The number of benzene rings is 1. The van der Waals surface area contributed by atoms with Crippen molar-refractivity contribution in [2.75, 3.05) is 6.54 Å². The molecule has 1 amide bonds. The molecule has 1 atom stereocenters. The van der Waals surface area contributed by atoms with Crippen LogP contribution in [0.3, 0.4) is 0 Å². The Bertz CT molecular complexity index is 486. The first-order valence-electron chi connectivity index (χ1n) is 6.12. The Kier molecular flexibility index (Phi) is 5.00. The number of nitrogens with two attached hydrogens (primary N) is 1. The van der Waals surface area contributed by atoms with E-state index in [0.29, 0.717) is 6.54 Å². The van der Waals surface area contributed by atoms with Crippen LogP contribution in [0.25, 0.3) is 0 Å². The lowest BCUT2D eigenvalue weighted by Crippen LogP contribution is -2.43. The summed E-state index contributed by atoms with van der Waals surface area (Å²) in [4.78, 5) is 22.5. The van der Waals surface area contributed by atoms with Gasteiger partial charge in [0.2, 0.25) is 0 Å². The Morgan fingerprint density at radius 1 is 1.47 bits per heavy atom. The van der Waals surface area contributed by atoms with E-state index in [-0.39, 0.29) is 23.2 Å². The van der Waals surface area contributed by atoms with Gasteiger partial charge in [0.25, 0.3) is 11.6 Å². The molecule has 0 aliphatic carbocycles. The quantitative estimate of drug-likeness (QED) is 0.624. The molecule has 3 N–H and O–H groups in total. The lowest BCUT2D eigenvalue weighted by molar-refractivity contribution is -0.385. The molecule has 1 aromatic carbocycles. The first-order valence-corrected chi connectivity index (χ1v) is 6.12. The molecule has 6 heteroatoms. The first-order chi connectivity index (χ1) is 8.86. The predicted molar refractivity (Wildman–Crippen MR) is 73.0 cm³/mol. The fourth-order valence-corrected chi connectivity index (χ4v) is 1.73. The second-order valence-electron chi connectivity index (χ2n) is 4.84. The third-order valence-electron chi connectivity index (χ3n) is 2.97. The second-order valence-corrected chi connectivity index (χ2v) is 4.84. The minimum absolute atomic E-state index is 0.0732. The van der Waals surface area contributed by atoms with Crippen LogP contribution >= 0.6 is 0 Å². The highest BCUT2D eigenvalue weighted by Crippen LogP contribution is 2.20. The van der Waals surface area contributed by atoms with Gasteiger partial charge in [-0.05, 0) is 24.5 Å². The topological polar surface area (TPSA) is 98.3 Å². The van der Waals surface area contributed by atoms with Gasteiger partial charge >= 0.3 is 0 Å². The zero-order chi connectivity index (χ0) is 14.6. The standard InChI is InChI=1S/C13H19N3O3/c1-8(2)11(7-14)15-13(17)10-6-9(3)4-5-12(10)16(18)19/h4-6,8,11H,7,14H2,1-3H3,(H,15,17). The number of aryl methyl sites for hydroxylation is 1. The number of hydrogen-bond donors (Lipinski definition) is 2. The fraction of sp³-hybridized carbons (Fsp3) is 0.462. The first kappa shape index (κ1) is 15.1.